The van der Waals surface area contributed by atoms with Crippen molar-refractivity contribution in [2.45, 2.75) is 45.6 Å². The van der Waals surface area contributed by atoms with Gasteiger partial charge in [-0.15, -0.1) is 0 Å². The van der Waals surface area contributed by atoms with Gasteiger partial charge in [-0.25, -0.2) is 0 Å². The lowest BCUT2D eigenvalue weighted by molar-refractivity contribution is 0.369. The van der Waals surface area contributed by atoms with Gasteiger partial charge in [0.15, 0.2) is 0 Å². The second-order valence-electron chi connectivity index (χ2n) is 4.43. The minimum atomic E-state index is 0.463. The van der Waals surface area contributed by atoms with Crippen LogP contribution in [0.5, 0.6) is 0 Å². The molecule has 0 spiro atoms. The third kappa shape index (κ3) is 2.63. The molecule has 15 heavy (non-hydrogen) atoms. The van der Waals surface area contributed by atoms with Crippen LogP contribution < -0.4 is 5.32 Å². The van der Waals surface area contributed by atoms with Crippen LogP contribution >= 0.6 is 0 Å². The number of furan rings is 1. The topological polar surface area (TPSA) is 25.2 Å². The standard InChI is InChI=1S/C13H21NO/c1-3-9-14-13(10-5-6-10)12-8-7-11(4-2)15-12/h7-8,10,13-14H,3-6,9H2,1-2H3. The minimum Gasteiger partial charge on any atom is -0.464 e. The fourth-order valence-electron chi connectivity index (χ4n) is 1.98. The molecule has 2 heteroatoms. The second-order valence-corrected chi connectivity index (χ2v) is 4.43. The number of rotatable bonds is 6. The number of hydrogen-bond acceptors (Lipinski definition) is 2. The molecule has 1 atom stereocenters. The predicted octanol–water partition coefficient (Wildman–Crippen LogP) is 3.29. The van der Waals surface area contributed by atoms with Gasteiger partial charge in [0.25, 0.3) is 0 Å². The second kappa shape index (κ2) is 4.84. The molecule has 1 aromatic rings. The lowest BCUT2D eigenvalue weighted by Crippen LogP contribution is -2.23. The van der Waals surface area contributed by atoms with Crippen LogP contribution in [0.3, 0.4) is 0 Å². The average Bonchev–Trinajstić information content (AvgIpc) is 2.97. The van der Waals surface area contributed by atoms with Crippen molar-refractivity contribution in [1.82, 2.24) is 5.32 Å². The van der Waals surface area contributed by atoms with Gasteiger partial charge in [0.2, 0.25) is 0 Å². The Labute approximate surface area is 92.1 Å². The molecule has 0 aromatic carbocycles. The Bertz CT molecular complexity index is 301. The molecule has 1 fully saturated rings. The van der Waals surface area contributed by atoms with Crippen LogP contribution in [0, 0.1) is 5.92 Å². The number of aryl methyl sites for hydroxylation is 1. The molecule has 1 aromatic heterocycles. The van der Waals surface area contributed by atoms with Gasteiger partial charge in [0.05, 0.1) is 6.04 Å². The van der Waals surface area contributed by atoms with Crippen molar-refractivity contribution in [2.24, 2.45) is 5.92 Å². The Balaban J connectivity index is 2.02. The van der Waals surface area contributed by atoms with Crippen LogP contribution in [0.4, 0.5) is 0 Å². The zero-order chi connectivity index (χ0) is 10.7. The summed E-state index contributed by atoms with van der Waals surface area (Å²) >= 11 is 0. The van der Waals surface area contributed by atoms with E-state index in [1.807, 2.05) is 0 Å². The molecule has 84 valence electrons. The first kappa shape index (κ1) is 10.7. The lowest BCUT2D eigenvalue weighted by Gasteiger charge is -2.15. The van der Waals surface area contributed by atoms with E-state index < -0.39 is 0 Å². The molecule has 1 saturated carbocycles. The molecule has 2 rings (SSSR count). The van der Waals surface area contributed by atoms with Gasteiger partial charge < -0.3 is 9.73 Å². The summed E-state index contributed by atoms with van der Waals surface area (Å²) in [5, 5.41) is 3.59. The average molecular weight is 207 g/mol. The highest BCUT2D eigenvalue weighted by molar-refractivity contribution is 5.13. The molecule has 0 bridgehead atoms. The molecule has 1 heterocycles. The smallest absolute Gasteiger partial charge is 0.121 e. The van der Waals surface area contributed by atoms with E-state index in [4.69, 9.17) is 4.42 Å². The van der Waals surface area contributed by atoms with Crippen molar-refractivity contribution >= 4 is 0 Å². The molecular weight excluding hydrogens is 186 g/mol. The number of hydrogen-bond donors (Lipinski definition) is 1. The summed E-state index contributed by atoms with van der Waals surface area (Å²) in [6, 6.07) is 4.72. The maximum absolute atomic E-state index is 5.83. The predicted molar refractivity (Wildman–Crippen MR) is 61.8 cm³/mol. The normalized spacial score (nSPS) is 18.0. The van der Waals surface area contributed by atoms with E-state index in [1.165, 1.54) is 19.3 Å². The molecule has 0 radical (unpaired) electrons. The van der Waals surface area contributed by atoms with E-state index in [0.717, 1.165) is 30.4 Å². The van der Waals surface area contributed by atoms with Gasteiger partial charge in [0.1, 0.15) is 11.5 Å². The molecule has 1 aliphatic carbocycles. The van der Waals surface area contributed by atoms with Crippen LogP contribution in [0.1, 0.15) is 50.7 Å². The monoisotopic (exact) mass is 207 g/mol. The zero-order valence-corrected chi connectivity index (χ0v) is 9.75. The minimum absolute atomic E-state index is 0.463. The fraction of sp³-hybridized carbons (Fsp3) is 0.692. The lowest BCUT2D eigenvalue weighted by atomic mass is 10.1. The van der Waals surface area contributed by atoms with Gasteiger partial charge in [-0.1, -0.05) is 13.8 Å². The van der Waals surface area contributed by atoms with Crippen molar-refractivity contribution in [3.63, 3.8) is 0 Å². The highest BCUT2D eigenvalue weighted by Gasteiger charge is 2.33. The molecule has 1 unspecified atom stereocenters. The van der Waals surface area contributed by atoms with Crippen molar-refractivity contribution in [3.8, 4) is 0 Å². The van der Waals surface area contributed by atoms with Crippen molar-refractivity contribution in [3.05, 3.63) is 23.7 Å². The Morgan fingerprint density at radius 1 is 1.40 bits per heavy atom. The van der Waals surface area contributed by atoms with Gasteiger partial charge >= 0.3 is 0 Å². The number of nitrogens with one attached hydrogen (secondary N) is 1. The Morgan fingerprint density at radius 2 is 2.20 bits per heavy atom. The first-order valence-corrected chi connectivity index (χ1v) is 6.17. The van der Waals surface area contributed by atoms with Crippen LogP contribution in [-0.2, 0) is 6.42 Å². The summed E-state index contributed by atoms with van der Waals surface area (Å²) in [5.41, 5.74) is 0. The largest absolute Gasteiger partial charge is 0.464 e. The highest BCUT2D eigenvalue weighted by atomic mass is 16.3. The van der Waals surface area contributed by atoms with Crippen molar-refractivity contribution in [1.29, 1.82) is 0 Å². The van der Waals surface area contributed by atoms with E-state index in [9.17, 15) is 0 Å². The van der Waals surface area contributed by atoms with E-state index in [1.54, 1.807) is 0 Å². The van der Waals surface area contributed by atoms with E-state index in [0.29, 0.717) is 6.04 Å². The van der Waals surface area contributed by atoms with Gasteiger partial charge in [0, 0.05) is 6.42 Å². The van der Waals surface area contributed by atoms with Crippen LogP contribution in [0.15, 0.2) is 16.5 Å². The summed E-state index contributed by atoms with van der Waals surface area (Å²) in [4.78, 5) is 0. The zero-order valence-electron chi connectivity index (χ0n) is 9.75. The molecule has 0 aliphatic heterocycles. The summed E-state index contributed by atoms with van der Waals surface area (Å²) < 4.78 is 5.83. The third-order valence-corrected chi connectivity index (χ3v) is 3.05. The van der Waals surface area contributed by atoms with Crippen molar-refractivity contribution in [2.75, 3.05) is 6.54 Å². The summed E-state index contributed by atoms with van der Waals surface area (Å²) in [6.07, 6.45) is 4.88. The van der Waals surface area contributed by atoms with E-state index in [2.05, 4.69) is 31.3 Å². The molecule has 0 amide bonds. The molecule has 2 nitrogen and oxygen atoms in total. The van der Waals surface area contributed by atoms with Gasteiger partial charge in [-0.2, -0.15) is 0 Å². The van der Waals surface area contributed by atoms with Crippen LogP contribution in [-0.4, -0.2) is 6.54 Å². The van der Waals surface area contributed by atoms with Crippen LogP contribution in [0.25, 0.3) is 0 Å². The summed E-state index contributed by atoms with van der Waals surface area (Å²) in [6.45, 7) is 5.42. The third-order valence-electron chi connectivity index (χ3n) is 3.05. The van der Waals surface area contributed by atoms with E-state index in [-0.39, 0.29) is 0 Å². The van der Waals surface area contributed by atoms with Crippen LogP contribution in [0.2, 0.25) is 0 Å². The maximum atomic E-state index is 5.83. The Kier molecular flexibility index (Phi) is 3.47. The summed E-state index contributed by atoms with van der Waals surface area (Å²) in [7, 11) is 0. The van der Waals surface area contributed by atoms with E-state index >= 15 is 0 Å². The van der Waals surface area contributed by atoms with Crippen molar-refractivity contribution < 1.29 is 4.42 Å². The summed E-state index contributed by atoms with van der Waals surface area (Å²) in [5.74, 6) is 3.06. The first-order valence-electron chi connectivity index (χ1n) is 6.17. The molecular formula is C13H21NO. The Morgan fingerprint density at radius 3 is 2.73 bits per heavy atom. The molecule has 0 saturated heterocycles. The quantitative estimate of drug-likeness (QED) is 0.774. The Hall–Kier alpha value is -0.760. The van der Waals surface area contributed by atoms with Gasteiger partial charge in [-0.05, 0) is 43.9 Å². The first-order chi connectivity index (χ1) is 7.35. The maximum Gasteiger partial charge on any atom is 0.121 e. The highest BCUT2D eigenvalue weighted by Crippen LogP contribution is 2.41. The fourth-order valence-corrected chi connectivity index (χ4v) is 1.98. The molecule has 1 aliphatic rings. The molecule has 1 N–H and O–H groups in total. The van der Waals surface area contributed by atoms with Gasteiger partial charge in [-0.3, -0.25) is 0 Å². The SMILES string of the molecule is CCCNC(c1ccc(CC)o1)C1CC1.